The second-order valence-corrected chi connectivity index (χ2v) is 2.85. The van der Waals surface area contributed by atoms with E-state index in [0.29, 0.717) is 13.2 Å². The molecule has 0 bridgehead atoms. The van der Waals surface area contributed by atoms with Crippen LogP contribution in [0, 0.1) is 0 Å². The third-order valence-corrected chi connectivity index (χ3v) is 1.71. The first-order valence-corrected chi connectivity index (χ1v) is 4.27. The second kappa shape index (κ2) is 4.42. The van der Waals surface area contributed by atoms with E-state index < -0.39 is 6.10 Å². The summed E-state index contributed by atoms with van der Waals surface area (Å²) < 4.78 is 10.2. The van der Waals surface area contributed by atoms with Crippen LogP contribution in [0.4, 0.5) is 0 Å². The summed E-state index contributed by atoms with van der Waals surface area (Å²) >= 11 is 0. The van der Waals surface area contributed by atoms with E-state index in [9.17, 15) is 4.79 Å². The predicted octanol–water partition coefficient (Wildman–Crippen LogP) is -0.0736. The number of carbonyl (C=O) groups excluding carboxylic acids is 1. The number of hydrogen-bond donors (Lipinski definition) is 1. The Morgan fingerprint density at radius 2 is 2.42 bits per heavy atom. The Morgan fingerprint density at radius 3 is 3.00 bits per heavy atom. The van der Waals surface area contributed by atoms with Crippen LogP contribution in [0.25, 0.3) is 0 Å². The van der Waals surface area contributed by atoms with Crippen molar-refractivity contribution in [1.82, 2.24) is 5.32 Å². The van der Waals surface area contributed by atoms with E-state index in [-0.39, 0.29) is 12.1 Å². The van der Waals surface area contributed by atoms with E-state index in [1.54, 1.807) is 6.92 Å². The summed E-state index contributed by atoms with van der Waals surface area (Å²) in [5, 5.41) is 3.10. The van der Waals surface area contributed by atoms with Crippen LogP contribution < -0.4 is 5.32 Å². The molecule has 1 aliphatic rings. The molecule has 4 heteroatoms. The van der Waals surface area contributed by atoms with E-state index in [1.807, 2.05) is 6.92 Å². The van der Waals surface area contributed by atoms with Crippen molar-refractivity contribution >= 4 is 5.97 Å². The zero-order valence-corrected chi connectivity index (χ0v) is 7.50. The van der Waals surface area contributed by atoms with Crippen molar-refractivity contribution in [3.8, 4) is 0 Å². The number of morpholine rings is 1. The van der Waals surface area contributed by atoms with Crippen LogP contribution in [0.3, 0.4) is 0 Å². The van der Waals surface area contributed by atoms with Crippen LogP contribution in [0.2, 0.25) is 0 Å². The Kier molecular flexibility index (Phi) is 3.49. The van der Waals surface area contributed by atoms with Gasteiger partial charge in [0.05, 0.1) is 12.7 Å². The molecule has 0 aromatic rings. The number of hydrogen-bond acceptors (Lipinski definition) is 4. The Hall–Kier alpha value is -0.610. The van der Waals surface area contributed by atoms with Gasteiger partial charge in [-0.2, -0.15) is 0 Å². The largest absolute Gasteiger partial charge is 0.464 e. The molecular weight excluding hydrogens is 158 g/mol. The minimum atomic E-state index is -0.423. The quantitative estimate of drug-likeness (QED) is 0.594. The van der Waals surface area contributed by atoms with Crippen molar-refractivity contribution in [3.63, 3.8) is 0 Å². The topological polar surface area (TPSA) is 47.6 Å². The van der Waals surface area contributed by atoms with Crippen molar-refractivity contribution in [2.24, 2.45) is 0 Å². The lowest BCUT2D eigenvalue weighted by molar-refractivity contribution is -0.162. The van der Waals surface area contributed by atoms with Gasteiger partial charge in [0.25, 0.3) is 0 Å². The molecular formula is C8H15NO3. The summed E-state index contributed by atoms with van der Waals surface area (Å²) in [5.74, 6) is -0.267. The van der Waals surface area contributed by atoms with Gasteiger partial charge in [0, 0.05) is 13.1 Å². The fraction of sp³-hybridized carbons (Fsp3) is 0.875. The van der Waals surface area contributed by atoms with Gasteiger partial charge in [0.1, 0.15) is 0 Å². The van der Waals surface area contributed by atoms with Crippen LogP contribution in [0.1, 0.15) is 13.8 Å². The molecule has 70 valence electrons. The standard InChI is InChI=1S/C8H15NO3/c1-3-11-8(10)7-5-9-4-6(2)12-7/h6-7,9H,3-5H2,1-2H3/t6-,7+/m0/s1. The van der Waals surface area contributed by atoms with Gasteiger partial charge in [0.15, 0.2) is 6.10 Å². The summed E-state index contributed by atoms with van der Waals surface area (Å²) in [4.78, 5) is 11.2. The maximum absolute atomic E-state index is 11.2. The van der Waals surface area contributed by atoms with Crippen LogP contribution in [-0.4, -0.2) is 37.9 Å². The first kappa shape index (κ1) is 9.48. The van der Waals surface area contributed by atoms with Crippen molar-refractivity contribution in [2.75, 3.05) is 19.7 Å². The molecule has 0 amide bonds. The predicted molar refractivity (Wildman–Crippen MR) is 43.8 cm³/mol. The molecule has 1 saturated heterocycles. The first-order chi connectivity index (χ1) is 5.74. The van der Waals surface area contributed by atoms with Gasteiger partial charge in [-0.3, -0.25) is 0 Å². The van der Waals surface area contributed by atoms with Crippen LogP contribution in [0.15, 0.2) is 0 Å². The lowest BCUT2D eigenvalue weighted by atomic mass is 10.2. The highest BCUT2D eigenvalue weighted by Gasteiger charge is 2.26. The fourth-order valence-electron chi connectivity index (χ4n) is 1.17. The van der Waals surface area contributed by atoms with Gasteiger partial charge in [0.2, 0.25) is 0 Å². The average molecular weight is 173 g/mol. The maximum atomic E-state index is 11.2. The van der Waals surface area contributed by atoms with E-state index in [1.165, 1.54) is 0 Å². The third-order valence-electron chi connectivity index (χ3n) is 1.71. The van der Waals surface area contributed by atoms with Crippen molar-refractivity contribution < 1.29 is 14.3 Å². The Labute approximate surface area is 72.2 Å². The van der Waals surface area contributed by atoms with Crippen molar-refractivity contribution in [2.45, 2.75) is 26.1 Å². The number of rotatable bonds is 2. The zero-order chi connectivity index (χ0) is 8.97. The molecule has 1 heterocycles. The summed E-state index contributed by atoms with van der Waals surface area (Å²) in [6.07, 6.45) is -0.332. The molecule has 0 unspecified atom stereocenters. The number of nitrogens with one attached hydrogen (secondary N) is 1. The number of ether oxygens (including phenoxy) is 2. The molecule has 1 fully saturated rings. The molecule has 0 aromatic carbocycles. The number of carbonyl (C=O) groups is 1. The molecule has 2 atom stereocenters. The summed E-state index contributed by atoms with van der Waals surface area (Å²) in [5.41, 5.74) is 0. The average Bonchev–Trinajstić information content (AvgIpc) is 2.05. The van der Waals surface area contributed by atoms with Crippen LogP contribution in [-0.2, 0) is 14.3 Å². The van der Waals surface area contributed by atoms with E-state index in [0.717, 1.165) is 6.54 Å². The van der Waals surface area contributed by atoms with E-state index in [4.69, 9.17) is 9.47 Å². The minimum Gasteiger partial charge on any atom is -0.464 e. The first-order valence-electron chi connectivity index (χ1n) is 4.27. The molecule has 0 radical (unpaired) electrons. The lowest BCUT2D eigenvalue weighted by Crippen LogP contribution is -2.47. The van der Waals surface area contributed by atoms with Crippen LogP contribution >= 0.6 is 0 Å². The molecule has 0 aromatic heterocycles. The Balaban J connectivity index is 2.35. The number of esters is 1. The van der Waals surface area contributed by atoms with Gasteiger partial charge in [-0.05, 0) is 13.8 Å². The highest BCUT2D eigenvalue weighted by molar-refractivity contribution is 5.75. The molecule has 1 N–H and O–H groups in total. The molecule has 0 saturated carbocycles. The summed E-state index contributed by atoms with van der Waals surface area (Å²) in [7, 11) is 0. The van der Waals surface area contributed by atoms with E-state index in [2.05, 4.69) is 5.32 Å². The van der Waals surface area contributed by atoms with Crippen molar-refractivity contribution in [3.05, 3.63) is 0 Å². The molecule has 0 aliphatic carbocycles. The SMILES string of the molecule is CCOC(=O)[C@H]1CNC[C@H](C)O1. The van der Waals surface area contributed by atoms with Crippen molar-refractivity contribution in [1.29, 1.82) is 0 Å². The Morgan fingerprint density at radius 1 is 1.67 bits per heavy atom. The normalized spacial score (nSPS) is 29.8. The second-order valence-electron chi connectivity index (χ2n) is 2.85. The van der Waals surface area contributed by atoms with Gasteiger partial charge < -0.3 is 14.8 Å². The fourth-order valence-corrected chi connectivity index (χ4v) is 1.17. The van der Waals surface area contributed by atoms with Gasteiger partial charge in [-0.25, -0.2) is 4.79 Å². The Bertz CT molecular complexity index is 160. The van der Waals surface area contributed by atoms with Gasteiger partial charge >= 0.3 is 5.97 Å². The zero-order valence-electron chi connectivity index (χ0n) is 7.50. The molecule has 0 spiro atoms. The minimum absolute atomic E-state index is 0.0909. The third kappa shape index (κ3) is 2.46. The van der Waals surface area contributed by atoms with Crippen LogP contribution in [0.5, 0.6) is 0 Å². The monoisotopic (exact) mass is 173 g/mol. The molecule has 1 rings (SSSR count). The smallest absolute Gasteiger partial charge is 0.336 e. The van der Waals surface area contributed by atoms with Gasteiger partial charge in [-0.1, -0.05) is 0 Å². The van der Waals surface area contributed by atoms with Gasteiger partial charge in [-0.15, -0.1) is 0 Å². The highest BCUT2D eigenvalue weighted by Crippen LogP contribution is 2.04. The lowest BCUT2D eigenvalue weighted by Gasteiger charge is -2.26. The maximum Gasteiger partial charge on any atom is 0.336 e. The summed E-state index contributed by atoms with van der Waals surface area (Å²) in [6, 6.07) is 0. The molecule has 1 aliphatic heterocycles. The van der Waals surface area contributed by atoms with E-state index >= 15 is 0 Å². The molecule has 12 heavy (non-hydrogen) atoms. The summed E-state index contributed by atoms with van der Waals surface area (Å²) in [6.45, 7) is 5.49. The molecule has 4 nitrogen and oxygen atoms in total. The highest BCUT2D eigenvalue weighted by atomic mass is 16.6.